The van der Waals surface area contributed by atoms with Gasteiger partial charge in [-0.1, -0.05) is 75.4 Å². The largest absolute Gasteiger partial charge is 0.391 e. The van der Waals surface area contributed by atoms with Gasteiger partial charge in [-0.15, -0.1) is 6.58 Å². The third kappa shape index (κ3) is 11.4. The number of aliphatic hydroxyl groups is 1. The maximum Gasteiger partial charge on any atom is 0.243 e. The minimum absolute atomic E-state index is 0.120. The molecule has 10 heteroatoms. The van der Waals surface area contributed by atoms with E-state index < -0.39 is 50.5 Å². The van der Waals surface area contributed by atoms with Gasteiger partial charge < -0.3 is 20.7 Å². The van der Waals surface area contributed by atoms with Crippen LogP contribution in [0.4, 0.5) is 0 Å². The standard InChI is InChI=1S/C35H54N4O5S/c1-6-25(7-2)20-32(40)30(19-27-16-12-9-13-17-27)38-34(42)31(21-29-22-36-24-37-29)39-33(41)28(18-26-14-10-8-11-15-26)23-45(43,44)35(3,4)5/h6,8,10-11,14-15,22,24-25,27-28,30-32,40H,1,7,9,12-13,16-21,23H2,2-5H3,(H,36,37)(H,38,42)(H,39,41)/t25-,28-,30+,31+,32+/m1/s1. The summed E-state index contributed by atoms with van der Waals surface area (Å²) in [6.45, 7) is 10.8. The molecule has 1 aliphatic rings. The molecule has 250 valence electrons. The highest BCUT2D eigenvalue weighted by atomic mass is 32.2. The van der Waals surface area contributed by atoms with Crippen LogP contribution in [0.15, 0.2) is 55.5 Å². The van der Waals surface area contributed by atoms with E-state index in [0.29, 0.717) is 24.5 Å². The summed E-state index contributed by atoms with van der Waals surface area (Å²) in [6.07, 6.45) is 12.1. The molecule has 0 aliphatic heterocycles. The molecule has 1 aromatic heterocycles. The van der Waals surface area contributed by atoms with Crippen LogP contribution in [0.3, 0.4) is 0 Å². The Labute approximate surface area is 270 Å². The first kappa shape index (κ1) is 36.5. The number of carbonyl (C=O) groups excluding carboxylic acids is 2. The van der Waals surface area contributed by atoms with Crippen molar-refractivity contribution >= 4 is 21.7 Å². The van der Waals surface area contributed by atoms with Gasteiger partial charge >= 0.3 is 0 Å². The van der Waals surface area contributed by atoms with E-state index in [0.717, 1.165) is 37.7 Å². The second-order valence-corrected chi connectivity index (χ2v) is 16.5. The molecular formula is C35H54N4O5S. The van der Waals surface area contributed by atoms with E-state index in [9.17, 15) is 23.1 Å². The minimum Gasteiger partial charge on any atom is -0.391 e. The molecule has 2 amide bonds. The van der Waals surface area contributed by atoms with Gasteiger partial charge in [0.15, 0.2) is 9.84 Å². The molecule has 5 atom stereocenters. The number of aromatic nitrogens is 2. The lowest BCUT2D eigenvalue weighted by atomic mass is 9.82. The van der Waals surface area contributed by atoms with Crippen LogP contribution >= 0.6 is 0 Å². The second kappa shape index (κ2) is 17.1. The van der Waals surface area contributed by atoms with Gasteiger partial charge in [-0.05, 0) is 63.9 Å². The number of nitrogens with zero attached hydrogens (tertiary/aromatic N) is 1. The van der Waals surface area contributed by atoms with E-state index in [1.54, 1.807) is 27.0 Å². The molecule has 3 rings (SSSR count). The fourth-order valence-electron chi connectivity index (χ4n) is 6.04. The monoisotopic (exact) mass is 642 g/mol. The number of rotatable bonds is 17. The normalized spacial score (nSPS) is 17.9. The number of benzene rings is 1. The number of aliphatic hydroxyl groups excluding tert-OH is 1. The summed E-state index contributed by atoms with van der Waals surface area (Å²) < 4.78 is 25.5. The highest BCUT2D eigenvalue weighted by Crippen LogP contribution is 2.29. The molecule has 1 aliphatic carbocycles. The van der Waals surface area contributed by atoms with Crippen LogP contribution < -0.4 is 10.6 Å². The molecule has 4 N–H and O–H groups in total. The van der Waals surface area contributed by atoms with Crippen LogP contribution in [-0.2, 0) is 32.3 Å². The molecule has 2 aromatic rings. The van der Waals surface area contributed by atoms with E-state index in [-0.39, 0.29) is 24.5 Å². The predicted molar refractivity (Wildman–Crippen MR) is 179 cm³/mol. The second-order valence-electron chi connectivity index (χ2n) is 13.7. The van der Waals surface area contributed by atoms with Gasteiger partial charge in [-0.3, -0.25) is 9.59 Å². The van der Waals surface area contributed by atoms with Crippen LogP contribution in [0.25, 0.3) is 0 Å². The topological polar surface area (TPSA) is 141 Å². The molecule has 0 bridgehead atoms. The summed E-state index contributed by atoms with van der Waals surface area (Å²) >= 11 is 0. The van der Waals surface area contributed by atoms with E-state index in [1.807, 2.05) is 36.4 Å². The first-order chi connectivity index (χ1) is 21.3. The Balaban J connectivity index is 1.87. The maximum atomic E-state index is 14.0. The lowest BCUT2D eigenvalue weighted by Crippen LogP contribution is -2.55. The van der Waals surface area contributed by atoms with E-state index in [1.165, 1.54) is 12.7 Å². The summed E-state index contributed by atoms with van der Waals surface area (Å²) in [5, 5.41) is 17.4. The number of imidazole rings is 1. The fraction of sp³-hybridized carbons (Fsp3) is 0.629. The van der Waals surface area contributed by atoms with Gasteiger partial charge in [0.2, 0.25) is 11.8 Å². The number of allylic oxidation sites excluding steroid dienone is 1. The Kier molecular flexibility index (Phi) is 13.8. The molecule has 0 saturated heterocycles. The van der Waals surface area contributed by atoms with Crippen molar-refractivity contribution in [3.63, 3.8) is 0 Å². The Morgan fingerprint density at radius 1 is 1.09 bits per heavy atom. The number of carbonyl (C=O) groups is 2. The minimum atomic E-state index is -3.65. The zero-order valence-electron chi connectivity index (χ0n) is 27.5. The molecule has 1 heterocycles. The lowest BCUT2D eigenvalue weighted by molar-refractivity contribution is -0.131. The highest BCUT2D eigenvalue weighted by Gasteiger charge is 2.36. The Morgan fingerprint density at radius 3 is 2.36 bits per heavy atom. The smallest absolute Gasteiger partial charge is 0.243 e. The van der Waals surface area contributed by atoms with Gasteiger partial charge in [-0.25, -0.2) is 13.4 Å². The Morgan fingerprint density at radius 2 is 1.78 bits per heavy atom. The number of sulfone groups is 1. The zero-order chi connectivity index (χ0) is 33.0. The molecule has 1 saturated carbocycles. The maximum absolute atomic E-state index is 14.0. The van der Waals surface area contributed by atoms with Crippen LogP contribution in [0, 0.1) is 17.8 Å². The molecule has 0 radical (unpaired) electrons. The molecule has 45 heavy (non-hydrogen) atoms. The molecular weight excluding hydrogens is 588 g/mol. The average Bonchev–Trinajstić information content (AvgIpc) is 3.52. The van der Waals surface area contributed by atoms with Gasteiger partial charge in [0, 0.05) is 18.3 Å². The van der Waals surface area contributed by atoms with Crippen molar-refractivity contribution in [2.24, 2.45) is 17.8 Å². The van der Waals surface area contributed by atoms with Crippen molar-refractivity contribution in [3.05, 3.63) is 66.8 Å². The quantitative estimate of drug-likeness (QED) is 0.181. The summed E-state index contributed by atoms with van der Waals surface area (Å²) in [4.78, 5) is 35.0. The van der Waals surface area contributed by atoms with E-state index >= 15 is 0 Å². The first-order valence-electron chi connectivity index (χ1n) is 16.5. The molecule has 0 spiro atoms. The van der Waals surface area contributed by atoms with E-state index in [4.69, 9.17) is 0 Å². The first-order valence-corrected chi connectivity index (χ1v) is 18.1. The SMILES string of the molecule is C=C[C@H](CC)C[C@H](O)[C@H](CC1CCCCC1)NC(=O)[C@H](Cc1cnc[nH]1)NC(=O)[C@H](Cc1ccccc1)CS(=O)(=O)C(C)(C)C. The summed E-state index contributed by atoms with van der Waals surface area (Å²) in [5.74, 6) is -1.65. The van der Waals surface area contributed by atoms with Gasteiger partial charge in [0.1, 0.15) is 6.04 Å². The van der Waals surface area contributed by atoms with Crippen molar-refractivity contribution in [3.8, 4) is 0 Å². The van der Waals surface area contributed by atoms with Crippen molar-refractivity contribution in [1.82, 2.24) is 20.6 Å². The summed E-state index contributed by atoms with van der Waals surface area (Å²) in [6, 6.07) is 7.80. The van der Waals surface area contributed by atoms with Crippen molar-refractivity contribution in [2.75, 3.05) is 5.75 Å². The Bertz CT molecular complexity index is 1300. The molecule has 9 nitrogen and oxygen atoms in total. The van der Waals surface area contributed by atoms with Gasteiger partial charge in [0.25, 0.3) is 0 Å². The Hall–Kier alpha value is -2.98. The number of amides is 2. The van der Waals surface area contributed by atoms with Gasteiger partial charge in [0.05, 0.1) is 34.9 Å². The van der Waals surface area contributed by atoms with Gasteiger partial charge in [-0.2, -0.15) is 0 Å². The average molecular weight is 643 g/mol. The van der Waals surface area contributed by atoms with Crippen molar-refractivity contribution < 1.29 is 23.1 Å². The van der Waals surface area contributed by atoms with Crippen LogP contribution in [-0.4, -0.2) is 64.0 Å². The van der Waals surface area contributed by atoms with Crippen LogP contribution in [0.1, 0.15) is 90.3 Å². The fourth-order valence-corrected chi connectivity index (χ4v) is 7.34. The van der Waals surface area contributed by atoms with Crippen LogP contribution in [0.5, 0.6) is 0 Å². The van der Waals surface area contributed by atoms with Crippen LogP contribution in [0.2, 0.25) is 0 Å². The number of hydrogen-bond donors (Lipinski definition) is 4. The molecule has 1 aromatic carbocycles. The highest BCUT2D eigenvalue weighted by molar-refractivity contribution is 7.92. The van der Waals surface area contributed by atoms with Crippen molar-refractivity contribution in [2.45, 2.75) is 115 Å². The molecule has 0 unspecified atom stereocenters. The van der Waals surface area contributed by atoms with E-state index in [2.05, 4.69) is 34.1 Å². The summed E-state index contributed by atoms with van der Waals surface area (Å²) in [5.41, 5.74) is 1.49. The number of H-pyrrole nitrogens is 1. The third-order valence-corrected chi connectivity index (χ3v) is 11.9. The number of aromatic amines is 1. The predicted octanol–water partition coefficient (Wildman–Crippen LogP) is 4.93. The van der Waals surface area contributed by atoms with Crippen molar-refractivity contribution in [1.29, 1.82) is 0 Å². The number of nitrogens with one attached hydrogen (secondary N) is 3. The molecule has 1 fully saturated rings. The number of hydrogen-bond acceptors (Lipinski definition) is 6. The zero-order valence-corrected chi connectivity index (χ0v) is 28.3. The summed E-state index contributed by atoms with van der Waals surface area (Å²) in [7, 11) is -3.65. The lowest BCUT2D eigenvalue weighted by Gasteiger charge is -2.32. The third-order valence-electron chi connectivity index (χ3n) is 9.17.